The molecule has 5 nitrogen and oxygen atoms in total. The Balaban J connectivity index is 1.99. The van der Waals surface area contributed by atoms with Crippen molar-refractivity contribution in [1.29, 1.82) is 0 Å². The second-order valence-electron chi connectivity index (χ2n) is 6.56. The molecule has 0 aliphatic carbocycles. The van der Waals surface area contributed by atoms with Gasteiger partial charge in [-0.15, -0.1) is 0 Å². The lowest BCUT2D eigenvalue weighted by Crippen LogP contribution is -2.49. The van der Waals surface area contributed by atoms with Gasteiger partial charge in [-0.2, -0.15) is 0 Å². The van der Waals surface area contributed by atoms with Gasteiger partial charge < -0.3 is 14.7 Å². The molecule has 2 unspecified atom stereocenters. The summed E-state index contributed by atoms with van der Waals surface area (Å²) in [6.45, 7) is 6.10. The topological polar surface area (TPSA) is 66.8 Å². The molecule has 2 fully saturated rings. The van der Waals surface area contributed by atoms with Gasteiger partial charge in [0.25, 0.3) is 0 Å². The average molecular weight is 283 g/mol. The maximum atomic E-state index is 12.5. The molecule has 2 heterocycles. The Morgan fingerprint density at radius 2 is 2.00 bits per heavy atom. The molecule has 1 N–H and O–H groups in total. The first-order chi connectivity index (χ1) is 9.43. The zero-order chi connectivity index (χ0) is 14.8. The average Bonchev–Trinajstić information content (AvgIpc) is 2.47. The van der Waals surface area contributed by atoms with Crippen molar-refractivity contribution in [3.63, 3.8) is 0 Å². The van der Waals surface area contributed by atoms with Crippen LogP contribution in [0.5, 0.6) is 0 Å². The smallest absolute Gasteiger partial charge is 0.309 e. The van der Waals surface area contributed by atoms with Gasteiger partial charge in [0.1, 0.15) is 0 Å². The first kappa shape index (κ1) is 15.3. The molecule has 2 atom stereocenters. The fourth-order valence-electron chi connectivity index (χ4n) is 3.13. The van der Waals surface area contributed by atoms with Gasteiger partial charge in [-0.1, -0.05) is 0 Å². The quantitative estimate of drug-likeness (QED) is 0.857. The van der Waals surface area contributed by atoms with Crippen molar-refractivity contribution in [3.8, 4) is 0 Å². The van der Waals surface area contributed by atoms with Crippen LogP contribution in [-0.4, -0.2) is 48.2 Å². The number of ether oxygens (including phenoxy) is 1. The third-order valence-electron chi connectivity index (χ3n) is 4.81. The van der Waals surface area contributed by atoms with Crippen LogP contribution in [-0.2, 0) is 14.3 Å². The van der Waals surface area contributed by atoms with Crippen molar-refractivity contribution in [1.82, 2.24) is 4.90 Å². The molecule has 0 radical (unpaired) electrons. The van der Waals surface area contributed by atoms with Gasteiger partial charge in [-0.25, -0.2) is 0 Å². The van der Waals surface area contributed by atoms with Crippen molar-refractivity contribution < 1.29 is 19.4 Å². The predicted octanol–water partition coefficient (Wildman–Crippen LogP) is 1.76. The summed E-state index contributed by atoms with van der Waals surface area (Å²) in [4.78, 5) is 25.7. The van der Waals surface area contributed by atoms with Gasteiger partial charge >= 0.3 is 5.97 Å². The summed E-state index contributed by atoms with van der Waals surface area (Å²) in [5.74, 6) is -0.633. The van der Waals surface area contributed by atoms with Gasteiger partial charge in [0.2, 0.25) is 5.91 Å². The molecule has 5 heteroatoms. The molecule has 0 aromatic heterocycles. The van der Waals surface area contributed by atoms with E-state index in [1.165, 1.54) is 0 Å². The molecule has 0 aromatic carbocycles. The van der Waals surface area contributed by atoms with Crippen LogP contribution in [0.4, 0.5) is 0 Å². The standard InChI is InChI=1S/C15H25NO4/c1-15(2,14(18)19)12-6-3-7-16(9-12)13(17)11-5-4-8-20-10-11/h11-12H,3-10H2,1-2H3,(H,18,19). The zero-order valence-corrected chi connectivity index (χ0v) is 12.4. The molecule has 2 rings (SSSR count). The summed E-state index contributed by atoms with van der Waals surface area (Å²) in [6.07, 6.45) is 3.60. The molecule has 2 aliphatic rings. The van der Waals surface area contributed by atoms with E-state index in [9.17, 15) is 14.7 Å². The molecule has 0 saturated carbocycles. The number of hydrogen-bond donors (Lipinski definition) is 1. The van der Waals surface area contributed by atoms with Crippen LogP contribution in [0.25, 0.3) is 0 Å². The number of carboxylic acids is 1. The van der Waals surface area contributed by atoms with Gasteiger partial charge in [0.05, 0.1) is 17.9 Å². The molecule has 0 aromatic rings. The van der Waals surface area contributed by atoms with Crippen molar-refractivity contribution in [3.05, 3.63) is 0 Å². The van der Waals surface area contributed by atoms with Gasteiger partial charge in [0, 0.05) is 19.7 Å². The molecule has 2 saturated heterocycles. The van der Waals surface area contributed by atoms with Crippen LogP contribution >= 0.6 is 0 Å². The summed E-state index contributed by atoms with van der Waals surface area (Å²) in [5, 5.41) is 9.34. The highest BCUT2D eigenvalue weighted by atomic mass is 16.5. The second-order valence-corrected chi connectivity index (χ2v) is 6.56. The summed E-state index contributed by atoms with van der Waals surface area (Å²) < 4.78 is 5.38. The fourth-order valence-corrected chi connectivity index (χ4v) is 3.13. The maximum Gasteiger partial charge on any atom is 0.309 e. The second kappa shape index (κ2) is 6.12. The highest BCUT2D eigenvalue weighted by Gasteiger charge is 2.40. The normalized spacial score (nSPS) is 28.2. The molecule has 114 valence electrons. The molecule has 20 heavy (non-hydrogen) atoms. The van der Waals surface area contributed by atoms with Gasteiger partial charge in [0.15, 0.2) is 0 Å². The SMILES string of the molecule is CC(C)(C(=O)O)C1CCCN(C(=O)C2CCCOC2)C1. The monoisotopic (exact) mass is 283 g/mol. The maximum absolute atomic E-state index is 12.5. The predicted molar refractivity (Wildman–Crippen MR) is 74.3 cm³/mol. The van der Waals surface area contributed by atoms with Crippen molar-refractivity contribution in [2.24, 2.45) is 17.3 Å². The minimum Gasteiger partial charge on any atom is -0.481 e. The number of rotatable bonds is 3. The number of nitrogens with zero attached hydrogens (tertiary/aromatic N) is 1. The number of carbonyl (C=O) groups excluding carboxylic acids is 1. The van der Waals surface area contributed by atoms with E-state index in [0.29, 0.717) is 13.2 Å². The molecule has 0 bridgehead atoms. The van der Waals surface area contributed by atoms with Crippen LogP contribution in [0.1, 0.15) is 39.5 Å². The summed E-state index contributed by atoms with van der Waals surface area (Å²) in [6, 6.07) is 0. The molecule has 2 aliphatic heterocycles. The van der Waals surface area contributed by atoms with E-state index in [0.717, 1.165) is 38.8 Å². The Morgan fingerprint density at radius 3 is 2.60 bits per heavy atom. The summed E-state index contributed by atoms with van der Waals surface area (Å²) in [5.41, 5.74) is -0.776. The van der Waals surface area contributed by atoms with E-state index in [2.05, 4.69) is 0 Å². The number of amides is 1. The van der Waals surface area contributed by atoms with Crippen molar-refractivity contribution in [2.75, 3.05) is 26.3 Å². The number of hydrogen-bond acceptors (Lipinski definition) is 3. The molecule has 0 spiro atoms. The number of aliphatic carboxylic acids is 1. The van der Waals surface area contributed by atoms with E-state index >= 15 is 0 Å². The first-order valence-electron chi connectivity index (χ1n) is 7.53. The number of carboxylic acid groups (broad SMARTS) is 1. The summed E-state index contributed by atoms with van der Waals surface area (Å²) >= 11 is 0. The van der Waals surface area contributed by atoms with E-state index in [1.54, 1.807) is 13.8 Å². The lowest BCUT2D eigenvalue weighted by Gasteiger charge is -2.40. The van der Waals surface area contributed by atoms with Crippen LogP contribution in [0.15, 0.2) is 0 Å². The molecule has 1 amide bonds. The Labute approximate surface area is 120 Å². The molecular weight excluding hydrogens is 258 g/mol. The number of likely N-dealkylation sites (tertiary alicyclic amines) is 1. The van der Waals surface area contributed by atoms with Gasteiger partial charge in [-0.3, -0.25) is 9.59 Å². The van der Waals surface area contributed by atoms with E-state index in [-0.39, 0.29) is 17.7 Å². The lowest BCUT2D eigenvalue weighted by molar-refractivity contribution is -0.154. The first-order valence-corrected chi connectivity index (χ1v) is 7.53. The van der Waals surface area contributed by atoms with E-state index in [1.807, 2.05) is 4.90 Å². The molecular formula is C15H25NO4. The largest absolute Gasteiger partial charge is 0.481 e. The Kier molecular flexibility index (Phi) is 4.68. The lowest BCUT2D eigenvalue weighted by atomic mass is 9.74. The van der Waals surface area contributed by atoms with Crippen LogP contribution < -0.4 is 0 Å². The number of piperidine rings is 1. The minimum atomic E-state index is -0.780. The Hall–Kier alpha value is -1.10. The third-order valence-corrected chi connectivity index (χ3v) is 4.81. The van der Waals surface area contributed by atoms with Crippen LogP contribution in [0.2, 0.25) is 0 Å². The van der Waals surface area contributed by atoms with Crippen LogP contribution in [0, 0.1) is 17.3 Å². The zero-order valence-electron chi connectivity index (χ0n) is 12.4. The number of carbonyl (C=O) groups is 2. The van der Waals surface area contributed by atoms with Gasteiger partial charge in [-0.05, 0) is 45.4 Å². The Bertz CT molecular complexity index is 374. The van der Waals surface area contributed by atoms with Crippen LogP contribution in [0.3, 0.4) is 0 Å². The fraction of sp³-hybridized carbons (Fsp3) is 0.867. The highest BCUT2D eigenvalue weighted by molar-refractivity contribution is 5.79. The Morgan fingerprint density at radius 1 is 1.25 bits per heavy atom. The third kappa shape index (κ3) is 3.14. The van der Waals surface area contributed by atoms with E-state index < -0.39 is 11.4 Å². The van der Waals surface area contributed by atoms with E-state index in [4.69, 9.17) is 4.74 Å². The summed E-state index contributed by atoms with van der Waals surface area (Å²) in [7, 11) is 0. The van der Waals surface area contributed by atoms with Crippen molar-refractivity contribution >= 4 is 11.9 Å². The highest BCUT2D eigenvalue weighted by Crippen LogP contribution is 2.35. The minimum absolute atomic E-state index is 0.0298. The van der Waals surface area contributed by atoms with Crippen molar-refractivity contribution in [2.45, 2.75) is 39.5 Å².